The second-order valence-corrected chi connectivity index (χ2v) is 8.55. The van der Waals surface area contributed by atoms with E-state index in [-0.39, 0.29) is 22.2 Å². The molecule has 196 valence electrons. The molecule has 4 aromatic rings. The molecule has 0 saturated carbocycles. The molecule has 0 saturated heterocycles. The van der Waals surface area contributed by atoms with Crippen LogP contribution in [0.4, 0.5) is 18.9 Å². The van der Waals surface area contributed by atoms with Gasteiger partial charge in [0.25, 0.3) is 5.91 Å². The number of hydrogen-bond donors (Lipinski definition) is 1. The van der Waals surface area contributed by atoms with Crippen molar-refractivity contribution in [2.45, 2.75) is 6.18 Å². The molecule has 1 amide bonds. The van der Waals surface area contributed by atoms with Crippen molar-refractivity contribution in [1.82, 2.24) is 0 Å². The van der Waals surface area contributed by atoms with Crippen LogP contribution in [0.2, 0.25) is 5.02 Å². The van der Waals surface area contributed by atoms with E-state index in [9.17, 15) is 28.0 Å². The van der Waals surface area contributed by atoms with Gasteiger partial charge in [-0.3, -0.25) is 4.79 Å². The average molecular weight is 551 g/mol. The topological polar surface area (TPSA) is 88.4 Å². The van der Waals surface area contributed by atoms with Crippen molar-refractivity contribution in [1.29, 1.82) is 5.26 Å². The number of hydrogen-bond acceptors (Lipinski definition) is 5. The first kappa shape index (κ1) is 27.2. The number of anilines is 1. The molecular weight excluding hydrogens is 533 g/mol. The molecule has 10 heteroatoms. The number of amides is 1. The number of fused-ring (bicyclic) bond motifs is 1. The largest absolute Gasteiger partial charge is 0.493 e. The summed E-state index contributed by atoms with van der Waals surface area (Å²) in [6, 6.07) is 21.0. The van der Waals surface area contributed by atoms with Crippen molar-refractivity contribution in [3.8, 4) is 17.6 Å². The first-order chi connectivity index (χ1) is 18.6. The Labute approximate surface area is 225 Å². The number of methoxy groups -OCH3 is 1. The SMILES string of the molecule is COc1ccc(/C=C(\C#N)C(=O)Nc2cc(C(F)(F)F)ccc2Cl)cc1OC(=O)c1cccc2ccccc12. The molecule has 0 unspecified atom stereocenters. The fourth-order valence-corrected chi connectivity index (χ4v) is 3.89. The maximum Gasteiger partial charge on any atom is 0.416 e. The van der Waals surface area contributed by atoms with Crippen molar-refractivity contribution >= 4 is 46.0 Å². The molecule has 6 nitrogen and oxygen atoms in total. The van der Waals surface area contributed by atoms with E-state index in [1.807, 2.05) is 18.2 Å². The number of carbonyl (C=O) groups excluding carboxylic acids is 2. The fraction of sp³-hybridized carbons (Fsp3) is 0.0690. The van der Waals surface area contributed by atoms with Gasteiger partial charge in [-0.25, -0.2) is 4.79 Å². The first-order valence-corrected chi connectivity index (χ1v) is 11.7. The third kappa shape index (κ3) is 6.20. The molecule has 1 N–H and O–H groups in total. The van der Waals surface area contributed by atoms with Crippen LogP contribution in [0.3, 0.4) is 0 Å². The summed E-state index contributed by atoms with van der Waals surface area (Å²) < 4.78 is 50.1. The monoisotopic (exact) mass is 550 g/mol. The van der Waals surface area contributed by atoms with E-state index in [0.717, 1.165) is 17.5 Å². The molecule has 0 aromatic heterocycles. The zero-order valence-corrected chi connectivity index (χ0v) is 20.9. The smallest absolute Gasteiger partial charge is 0.416 e. The summed E-state index contributed by atoms with van der Waals surface area (Å²) in [6.07, 6.45) is -3.47. The van der Waals surface area contributed by atoms with Gasteiger partial charge in [-0.1, -0.05) is 54.1 Å². The second-order valence-electron chi connectivity index (χ2n) is 8.14. The molecule has 0 aliphatic carbocycles. The van der Waals surface area contributed by atoms with Crippen molar-refractivity contribution in [3.63, 3.8) is 0 Å². The number of nitrogens with zero attached hydrogens (tertiary/aromatic N) is 1. The minimum Gasteiger partial charge on any atom is -0.493 e. The van der Waals surface area contributed by atoms with Crippen LogP contribution in [-0.4, -0.2) is 19.0 Å². The lowest BCUT2D eigenvalue weighted by Gasteiger charge is -2.12. The Morgan fingerprint density at radius 1 is 0.974 bits per heavy atom. The van der Waals surface area contributed by atoms with E-state index in [1.54, 1.807) is 30.3 Å². The number of rotatable bonds is 6. The van der Waals surface area contributed by atoms with Crippen LogP contribution < -0.4 is 14.8 Å². The molecule has 4 rings (SSSR count). The molecule has 0 aliphatic heterocycles. The summed E-state index contributed by atoms with van der Waals surface area (Å²) in [5.41, 5.74) is -1.14. The van der Waals surface area contributed by atoms with Crippen molar-refractivity contribution < 1.29 is 32.2 Å². The first-order valence-electron chi connectivity index (χ1n) is 11.3. The van der Waals surface area contributed by atoms with E-state index in [0.29, 0.717) is 22.6 Å². The third-order valence-corrected chi connectivity index (χ3v) is 5.95. The van der Waals surface area contributed by atoms with Crippen LogP contribution in [0.25, 0.3) is 16.8 Å². The van der Waals surface area contributed by atoms with Crippen molar-refractivity contribution in [3.05, 3.63) is 106 Å². The number of nitriles is 1. The summed E-state index contributed by atoms with van der Waals surface area (Å²) in [7, 11) is 1.38. The summed E-state index contributed by atoms with van der Waals surface area (Å²) >= 11 is 5.94. The van der Waals surface area contributed by atoms with Gasteiger partial charge in [0.2, 0.25) is 0 Å². The van der Waals surface area contributed by atoms with E-state index >= 15 is 0 Å². The normalized spacial score (nSPS) is 11.5. The number of ether oxygens (including phenoxy) is 2. The molecule has 0 heterocycles. The third-order valence-electron chi connectivity index (χ3n) is 5.62. The Kier molecular flexibility index (Phi) is 7.88. The highest BCUT2D eigenvalue weighted by Gasteiger charge is 2.31. The van der Waals surface area contributed by atoms with E-state index in [2.05, 4.69) is 5.32 Å². The Morgan fingerprint density at radius 3 is 2.44 bits per heavy atom. The summed E-state index contributed by atoms with van der Waals surface area (Å²) in [4.78, 5) is 25.7. The number of esters is 1. The van der Waals surface area contributed by atoms with Gasteiger partial charge in [-0.15, -0.1) is 0 Å². The number of alkyl halides is 3. The van der Waals surface area contributed by atoms with Crippen LogP contribution in [0.1, 0.15) is 21.5 Å². The quantitative estimate of drug-likeness (QED) is 0.118. The molecule has 39 heavy (non-hydrogen) atoms. The zero-order valence-electron chi connectivity index (χ0n) is 20.2. The molecule has 0 atom stereocenters. The van der Waals surface area contributed by atoms with Crippen molar-refractivity contribution in [2.75, 3.05) is 12.4 Å². The number of benzene rings is 4. The Balaban J connectivity index is 1.61. The second kappa shape index (κ2) is 11.3. The molecule has 0 aliphatic rings. The van der Waals surface area contributed by atoms with Crippen LogP contribution in [0.5, 0.6) is 11.5 Å². The lowest BCUT2D eigenvalue weighted by atomic mass is 10.0. The zero-order chi connectivity index (χ0) is 28.2. The molecule has 4 aromatic carbocycles. The fourth-order valence-electron chi connectivity index (χ4n) is 3.72. The minimum atomic E-state index is -4.65. The number of halogens is 4. The van der Waals surface area contributed by atoms with Gasteiger partial charge in [0.05, 0.1) is 28.9 Å². The minimum absolute atomic E-state index is 0.0304. The summed E-state index contributed by atoms with van der Waals surface area (Å²) in [5.74, 6) is -1.38. The lowest BCUT2D eigenvalue weighted by molar-refractivity contribution is -0.137. The molecule has 0 fully saturated rings. The maximum atomic E-state index is 13.1. The highest BCUT2D eigenvalue weighted by atomic mass is 35.5. The molecule has 0 spiro atoms. The van der Waals surface area contributed by atoms with Gasteiger partial charge >= 0.3 is 12.1 Å². The van der Waals surface area contributed by atoms with Gasteiger partial charge in [0.15, 0.2) is 11.5 Å². The van der Waals surface area contributed by atoms with Crippen LogP contribution >= 0.6 is 11.6 Å². The van der Waals surface area contributed by atoms with Gasteiger partial charge in [0, 0.05) is 0 Å². The Hall–Kier alpha value is -4.81. The van der Waals surface area contributed by atoms with Gasteiger partial charge < -0.3 is 14.8 Å². The van der Waals surface area contributed by atoms with Gasteiger partial charge in [0.1, 0.15) is 11.6 Å². The molecular formula is C29H18ClF3N2O4. The van der Waals surface area contributed by atoms with Crippen LogP contribution in [0.15, 0.2) is 84.4 Å². The predicted octanol–water partition coefficient (Wildman–Crippen LogP) is 7.29. The Morgan fingerprint density at radius 2 is 1.72 bits per heavy atom. The standard InChI is InChI=1S/C29H18ClF3N2O4/c1-38-25-12-9-17(14-26(25)39-28(37)22-8-4-6-18-5-2-3-7-21(18)22)13-19(16-34)27(36)35-24-15-20(29(31,32)33)10-11-23(24)30/h2-15H,1H3,(H,35,36)/b19-13+. The lowest BCUT2D eigenvalue weighted by Crippen LogP contribution is -2.15. The highest BCUT2D eigenvalue weighted by molar-refractivity contribution is 6.34. The predicted molar refractivity (Wildman–Crippen MR) is 141 cm³/mol. The highest BCUT2D eigenvalue weighted by Crippen LogP contribution is 2.34. The van der Waals surface area contributed by atoms with Crippen LogP contribution in [-0.2, 0) is 11.0 Å². The summed E-state index contributed by atoms with van der Waals surface area (Å²) in [6.45, 7) is 0. The summed E-state index contributed by atoms with van der Waals surface area (Å²) in [5, 5.41) is 13.2. The van der Waals surface area contributed by atoms with E-state index in [4.69, 9.17) is 21.1 Å². The van der Waals surface area contributed by atoms with Crippen molar-refractivity contribution in [2.24, 2.45) is 0 Å². The number of nitrogens with one attached hydrogen (secondary N) is 1. The van der Waals surface area contributed by atoms with Gasteiger partial charge in [-0.05, 0) is 58.8 Å². The Bertz CT molecular complexity index is 1650. The molecule has 0 radical (unpaired) electrons. The van der Waals surface area contributed by atoms with Crippen LogP contribution in [0, 0.1) is 11.3 Å². The average Bonchev–Trinajstić information content (AvgIpc) is 2.92. The molecule has 0 bridgehead atoms. The van der Waals surface area contributed by atoms with Gasteiger partial charge in [-0.2, -0.15) is 18.4 Å². The maximum absolute atomic E-state index is 13.1. The number of carbonyl (C=O) groups is 2. The van der Waals surface area contributed by atoms with E-state index < -0.39 is 29.2 Å². The van der Waals surface area contributed by atoms with E-state index in [1.165, 1.54) is 31.4 Å².